The van der Waals surface area contributed by atoms with Crippen LogP contribution in [-0.4, -0.2) is 29.8 Å². The van der Waals surface area contributed by atoms with Crippen LogP contribution in [0.2, 0.25) is 10.0 Å². The first-order valence-electron chi connectivity index (χ1n) is 8.61. The third-order valence-corrected chi connectivity index (χ3v) is 5.47. The van der Waals surface area contributed by atoms with Gasteiger partial charge in [-0.15, -0.1) is 0 Å². The van der Waals surface area contributed by atoms with Crippen molar-refractivity contribution in [3.63, 3.8) is 0 Å². The Labute approximate surface area is 182 Å². The molecule has 5 nitrogen and oxygen atoms in total. The molecule has 1 aliphatic rings. The third-order valence-electron chi connectivity index (χ3n) is 3.92. The zero-order chi connectivity index (χ0) is 21.0. The molecule has 1 aliphatic heterocycles. The Bertz CT molecular complexity index is 1030. The maximum Gasteiger partial charge on any atom is 0.344 e. The summed E-state index contributed by atoms with van der Waals surface area (Å²) < 4.78 is 10.2. The van der Waals surface area contributed by atoms with Gasteiger partial charge in [-0.1, -0.05) is 47.1 Å². The zero-order valence-electron chi connectivity index (χ0n) is 15.6. The second kappa shape index (κ2) is 9.39. The molecule has 0 aromatic heterocycles. The number of aliphatic hydroxyl groups is 1. The van der Waals surface area contributed by atoms with Crippen molar-refractivity contribution in [2.75, 3.05) is 13.7 Å². The van der Waals surface area contributed by atoms with Crippen molar-refractivity contribution in [3.05, 3.63) is 74.3 Å². The van der Waals surface area contributed by atoms with Gasteiger partial charge in [0.1, 0.15) is 22.1 Å². The van der Waals surface area contributed by atoms with E-state index in [1.54, 1.807) is 38.3 Å². The van der Waals surface area contributed by atoms with Crippen molar-refractivity contribution in [1.82, 2.24) is 0 Å². The number of carbonyl (C=O) groups is 1. The molecule has 0 unspecified atom stereocenters. The molecule has 3 rings (SSSR count). The fourth-order valence-electron chi connectivity index (χ4n) is 2.52. The molecule has 0 saturated carbocycles. The molecular formula is C21H17Cl2NO4S. The normalized spacial score (nSPS) is 16.6. The summed E-state index contributed by atoms with van der Waals surface area (Å²) in [5.74, 6) is -0.120. The van der Waals surface area contributed by atoms with Crippen LogP contribution in [0.1, 0.15) is 12.5 Å². The monoisotopic (exact) mass is 449 g/mol. The predicted molar refractivity (Wildman–Crippen MR) is 118 cm³/mol. The Hall–Kier alpha value is -2.41. The number of halogens is 2. The zero-order valence-corrected chi connectivity index (χ0v) is 17.9. The molecule has 0 spiro atoms. The van der Waals surface area contributed by atoms with E-state index < -0.39 is 5.97 Å². The van der Waals surface area contributed by atoms with Gasteiger partial charge in [-0.05, 0) is 48.9 Å². The van der Waals surface area contributed by atoms with Crippen LogP contribution in [0.15, 0.2) is 63.7 Å². The summed E-state index contributed by atoms with van der Waals surface area (Å²) in [5.41, 5.74) is 1.26. The highest BCUT2D eigenvalue weighted by Gasteiger charge is 2.33. The Morgan fingerprint density at radius 1 is 1.21 bits per heavy atom. The lowest BCUT2D eigenvalue weighted by Gasteiger charge is -2.05. The van der Waals surface area contributed by atoms with E-state index in [4.69, 9.17) is 32.7 Å². The summed E-state index contributed by atoms with van der Waals surface area (Å²) in [6.07, 6.45) is 1.75. The second-order valence-electron chi connectivity index (χ2n) is 5.84. The van der Waals surface area contributed by atoms with Gasteiger partial charge in [0.15, 0.2) is 0 Å². The lowest BCUT2D eigenvalue weighted by atomic mass is 10.1. The Morgan fingerprint density at radius 2 is 1.93 bits per heavy atom. The van der Waals surface area contributed by atoms with Gasteiger partial charge in [0.2, 0.25) is 0 Å². The van der Waals surface area contributed by atoms with Crippen molar-refractivity contribution in [3.8, 4) is 5.75 Å². The SMILES string of the molecule is CCOC(=O)C1=C(O)/C(=C/c2ccc(OC)cc2)SC1=Nc1ccc(Cl)cc1Cl. The van der Waals surface area contributed by atoms with Crippen LogP contribution in [0.3, 0.4) is 0 Å². The van der Waals surface area contributed by atoms with Crippen molar-refractivity contribution >= 4 is 57.7 Å². The molecule has 0 saturated heterocycles. The molecule has 1 N–H and O–H groups in total. The number of aliphatic hydroxyl groups excluding tert-OH is 1. The van der Waals surface area contributed by atoms with E-state index in [2.05, 4.69) is 4.99 Å². The maximum atomic E-state index is 12.4. The molecule has 0 aliphatic carbocycles. The van der Waals surface area contributed by atoms with E-state index >= 15 is 0 Å². The van der Waals surface area contributed by atoms with Crippen LogP contribution in [0.4, 0.5) is 5.69 Å². The first kappa shape index (κ1) is 21.3. The van der Waals surface area contributed by atoms with Crippen molar-refractivity contribution in [2.24, 2.45) is 4.99 Å². The molecule has 0 fully saturated rings. The van der Waals surface area contributed by atoms with Crippen molar-refractivity contribution in [1.29, 1.82) is 0 Å². The van der Waals surface area contributed by atoms with E-state index in [1.807, 2.05) is 24.3 Å². The number of carbonyl (C=O) groups excluding carboxylic acids is 1. The number of methoxy groups -OCH3 is 1. The van der Waals surface area contributed by atoms with Crippen molar-refractivity contribution in [2.45, 2.75) is 6.92 Å². The highest BCUT2D eigenvalue weighted by molar-refractivity contribution is 8.18. The van der Waals surface area contributed by atoms with Gasteiger partial charge in [0.05, 0.1) is 29.3 Å². The van der Waals surface area contributed by atoms with Crippen LogP contribution in [0, 0.1) is 0 Å². The summed E-state index contributed by atoms with van der Waals surface area (Å²) in [7, 11) is 1.59. The number of nitrogens with zero attached hydrogens (tertiary/aromatic N) is 1. The number of benzene rings is 2. The molecule has 0 amide bonds. The minimum Gasteiger partial charge on any atom is -0.506 e. The summed E-state index contributed by atoms with van der Waals surface area (Å²) in [6, 6.07) is 12.1. The molecule has 29 heavy (non-hydrogen) atoms. The van der Waals surface area contributed by atoms with Crippen LogP contribution >= 0.6 is 35.0 Å². The van der Waals surface area contributed by atoms with E-state index in [-0.39, 0.29) is 17.9 Å². The van der Waals surface area contributed by atoms with E-state index in [9.17, 15) is 9.90 Å². The van der Waals surface area contributed by atoms with Crippen LogP contribution in [0.5, 0.6) is 5.75 Å². The number of esters is 1. The summed E-state index contributed by atoms with van der Waals surface area (Å²) in [5, 5.41) is 11.8. The molecule has 2 aromatic carbocycles. The molecule has 150 valence electrons. The van der Waals surface area contributed by atoms with Gasteiger partial charge in [0, 0.05) is 5.02 Å². The standard InChI is InChI=1S/C21H17Cl2NO4S/c1-3-28-21(26)18-19(25)17(10-12-4-7-14(27-2)8-5-12)29-20(18)24-16-9-6-13(22)11-15(16)23/h4-11,25H,3H2,1-2H3/b17-10-,24-20?. The highest BCUT2D eigenvalue weighted by atomic mass is 35.5. The Kier molecular flexibility index (Phi) is 6.90. The quantitative estimate of drug-likeness (QED) is 0.550. The van der Waals surface area contributed by atoms with Crippen LogP contribution in [-0.2, 0) is 9.53 Å². The van der Waals surface area contributed by atoms with Crippen molar-refractivity contribution < 1.29 is 19.4 Å². The molecule has 0 bridgehead atoms. The lowest BCUT2D eigenvalue weighted by molar-refractivity contribution is -0.138. The topological polar surface area (TPSA) is 68.1 Å². The van der Waals surface area contributed by atoms with Gasteiger partial charge in [0.25, 0.3) is 0 Å². The first-order chi connectivity index (χ1) is 13.9. The Balaban J connectivity index is 2.03. The number of ether oxygens (including phenoxy) is 2. The number of rotatable bonds is 5. The maximum absolute atomic E-state index is 12.4. The third kappa shape index (κ3) is 4.96. The van der Waals surface area contributed by atoms with Gasteiger partial charge in [-0.2, -0.15) is 0 Å². The Morgan fingerprint density at radius 3 is 2.55 bits per heavy atom. The number of hydrogen-bond donors (Lipinski definition) is 1. The minimum atomic E-state index is -0.653. The summed E-state index contributed by atoms with van der Waals surface area (Å²) in [4.78, 5) is 17.4. The predicted octanol–water partition coefficient (Wildman–Crippen LogP) is 6.20. The molecular weight excluding hydrogens is 433 g/mol. The van der Waals surface area contributed by atoms with E-state index in [0.29, 0.717) is 25.7 Å². The lowest BCUT2D eigenvalue weighted by Crippen LogP contribution is -2.12. The molecule has 0 radical (unpaired) electrons. The second-order valence-corrected chi connectivity index (χ2v) is 7.71. The molecule has 1 heterocycles. The highest BCUT2D eigenvalue weighted by Crippen LogP contribution is 2.41. The fraction of sp³-hybridized carbons (Fsp3) is 0.143. The molecule has 0 atom stereocenters. The number of aliphatic imine (C=N–C) groups is 1. The van der Waals surface area contributed by atoms with E-state index in [0.717, 1.165) is 23.1 Å². The average molecular weight is 450 g/mol. The minimum absolute atomic E-state index is 0.00243. The average Bonchev–Trinajstić information content (AvgIpc) is 3.00. The molecule has 2 aromatic rings. The number of thioether (sulfide) groups is 1. The van der Waals surface area contributed by atoms with Crippen LogP contribution in [0.25, 0.3) is 6.08 Å². The van der Waals surface area contributed by atoms with Crippen LogP contribution < -0.4 is 4.74 Å². The van der Waals surface area contributed by atoms with Gasteiger partial charge in [-0.25, -0.2) is 9.79 Å². The van der Waals surface area contributed by atoms with E-state index in [1.165, 1.54) is 0 Å². The fourth-order valence-corrected chi connectivity index (χ4v) is 4.00. The first-order valence-corrected chi connectivity index (χ1v) is 10.2. The van der Waals surface area contributed by atoms with Gasteiger partial charge < -0.3 is 14.6 Å². The smallest absolute Gasteiger partial charge is 0.344 e. The summed E-state index contributed by atoms with van der Waals surface area (Å²) >= 11 is 13.3. The molecule has 8 heteroatoms. The largest absolute Gasteiger partial charge is 0.506 e. The number of hydrogen-bond acceptors (Lipinski definition) is 6. The summed E-state index contributed by atoms with van der Waals surface area (Å²) in [6.45, 7) is 1.87. The van der Waals surface area contributed by atoms with Gasteiger partial charge in [-0.3, -0.25) is 0 Å². The van der Waals surface area contributed by atoms with Gasteiger partial charge >= 0.3 is 5.97 Å².